The maximum atomic E-state index is 14.0. The molecule has 0 aliphatic heterocycles. The van der Waals surface area contributed by atoms with Crippen molar-refractivity contribution >= 4 is 34.8 Å². The molecule has 0 heterocycles. The molecule has 13 nitrogen and oxygen atoms in total. The van der Waals surface area contributed by atoms with Crippen LogP contribution in [0, 0.1) is 17.8 Å². The number of aliphatic hydroxyl groups excluding tert-OH is 3. The topological polar surface area (TPSA) is 237 Å². The minimum Gasteiger partial charge on any atom is -0.508 e. The molecule has 41 heavy (non-hydrogen) atoms. The molecule has 3 aliphatic rings. The third kappa shape index (κ3) is 4.31. The largest absolute Gasteiger partial charge is 0.508 e. The van der Waals surface area contributed by atoms with Gasteiger partial charge in [0.25, 0.3) is 5.91 Å². The van der Waals surface area contributed by atoms with Crippen molar-refractivity contribution < 1.29 is 44.7 Å². The second-order valence-electron chi connectivity index (χ2n) is 11.7. The zero-order valence-electron chi connectivity index (χ0n) is 23.4. The molecule has 1 aromatic carbocycles. The molecule has 0 bridgehead atoms. The average Bonchev–Trinajstić information content (AvgIpc) is 2.86. The van der Waals surface area contributed by atoms with Crippen molar-refractivity contribution in [3.63, 3.8) is 0 Å². The summed E-state index contributed by atoms with van der Waals surface area (Å²) in [5.41, 5.74) is 6.75. The van der Waals surface area contributed by atoms with E-state index in [1.165, 1.54) is 31.1 Å². The summed E-state index contributed by atoms with van der Waals surface area (Å²) in [5, 5.41) is 59.4. The maximum Gasteiger partial charge on any atom is 0.255 e. The van der Waals surface area contributed by atoms with Crippen molar-refractivity contribution in [2.75, 3.05) is 19.4 Å². The van der Waals surface area contributed by atoms with Crippen LogP contribution < -0.4 is 16.8 Å². The molecule has 4 rings (SSSR count). The molecule has 13 heteroatoms. The van der Waals surface area contributed by atoms with E-state index in [2.05, 4.69) is 5.32 Å². The number of hydrogen-bond acceptors (Lipinski definition) is 11. The molecule has 1 aromatic rings. The Labute approximate surface area is 236 Å². The molecule has 0 aromatic heterocycles. The molecule has 10 N–H and O–H groups in total. The first-order chi connectivity index (χ1) is 19.0. The molecule has 0 radical (unpaired) electrons. The van der Waals surface area contributed by atoms with Crippen molar-refractivity contribution in [2.24, 2.45) is 29.2 Å². The second-order valence-corrected chi connectivity index (χ2v) is 11.7. The summed E-state index contributed by atoms with van der Waals surface area (Å²) >= 11 is 0. The number of primary amides is 1. The monoisotopic (exact) mass is 572 g/mol. The number of Topliss-reactive ketones (excluding diaryl/α,β-unsaturated/α-hetero) is 2. The highest BCUT2D eigenvalue weighted by molar-refractivity contribution is 6.24. The highest BCUT2D eigenvalue weighted by atomic mass is 16.4. The third-order valence-corrected chi connectivity index (χ3v) is 8.45. The first-order valence-corrected chi connectivity index (χ1v) is 13.2. The molecule has 1 fully saturated rings. The van der Waals surface area contributed by atoms with Gasteiger partial charge in [0.05, 0.1) is 35.4 Å². The number of nitrogens with two attached hydrogens (primary N) is 2. The predicted molar refractivity (Wildman–Crippen MR) is 146 cm³/mol. The zero-order chi connectivity index (χ0) is 30.9. The van der Waals surface area contributed by atoms with Crippen LogP contribution in [0.2, 0.25) is 0 Å². The van der Waals surface area contributed by atoms with Gasteiger partial charge in [-0.15, -0.1) is 0 Å². The number of ketones is 2. The van der Waals surface area contributed by atoms with Gasteiger partial charge in [-0.2, -0.15) is 0 Å². The minimum atomic E-state index is -3.01. The van der Waals surface area contributed by atoms with Gasteiger partial charge in [-0.1, -0.05) is 26.8 Å². The van der Waals surface area contributed by atoms with E-state index in [0.717, 1.165) is 0 Å². The van der Waals surface area contributed by atoms with Gasteiger partial charge in [0, 0.05) is 11.5 Å². The Bertz CT molecular complexity index is 1420. The molecule has 7 atom stereocenters. The Balaban J connectivity index is 1.91. The molecular formula is C28H36N4O9. The van der Waals surface area contributed by atoms with Crippen molar-refractivity contribution in [3.05, 3.63) is 40.2 Å². The van der Waals surface area contributed by atoms with Gasteiger partial charge < -0.3 is 42.3 Å². The number of phenolic OH excluding ortho intramolecular Hbond substituents is 1. The Hall–Kier alpha value is -3.78. The molecule has 1 saturated carbocycles. The van der Waals surface area contributed by atoms with E-state index in [1.54, 1.807) is 6.92 Å². The fourth-order valence-corrected chi connectivity index (χ4v) is 6.56. The normalized spacial score (nSPS) is 30.2. The smallest absolute Gasteiger partial charge is 0.255 e. The number of carbonyl (C=O) groups excluding carboxylic acids is 4. The molecule has 0 unspecified atom stereocenters. The zero-order valence-corrected chi connectivity index (χ0v) is 23.4. The van der Waals surface area contributed by atoms with E-state index >= 15 is 0 Å². The summed E-state index contributed by atoms with van der Waals surface area (Å²) < 4.78 is 0. The van der Waals surface area contributed by atoms with E-state index in [1.807, 2.05) is 13.8 Å². The average molecular weight is 573 g/mol. The fourth-order valence-electron chi connectivity index (χ4n) is 6.56. The van der Waals surface area contributed by atoms with Gasteiger partial charge in [0.2, 0.25) is 11.7 Å². The first kappa shape index (κ1) is 30.2. The van der Waals surface area contributed by atoms with Crippen LogP contribution in [0.3, 0.4) is 0 Å². The number of rotatable bonds is 6. The quantitative estimate of drug-likeness (QED) is 0.164. The number of hydrogen-bond donors (Lipinski definition) is 8. The maximum absolute atomic E-state index is 14.0. The molecule has 222 valence electrons. The van der Waals surface area contributed by atoms with Gasteiger partial charge in [-0.25, -0.2) is 0 Å². The second kappa shape index (κ2) is 10.2. The van der Waals surface area contributed by atoms with Gasteiger partial charge in [0.1, 0.15) is 22.8 Å². The van der Waals surface area contributed by atoms with Gasteiger partial charge in [0.15, 0.2) is 11.4 Å². The number of amides is 2. The van der Waals surface area contributed by atoms with Crippen LogP contribution in [-0.4, -0.2) is 91.7 Å². The van der Waals surface area contributed by atoms with E-state index in [-0.39, 0.29) is 17.2 Å². The number of benzene rings is 1. The Kier molecular flexibility index (Phi) is 7.54. The van der Waals surface area contributed by atoms with E-state index in [9.17, 15) is 44.7 Å². The number of aromatic hydroxyl groups is 1. The van der Waals surface area contributed by atoms with Gasteiger partial charge in [-0.3, -0.25) is 24.1 Å². The van der Waals surface area contributed by atoms with E-state index < -0.39 is 93.3 Å². The van der Waals surface area contributed by atoms with Crippen LogP contribution in [-0.2, 0) is 19.2 Å². The van der Waals surface area contributed by atoms with Crippen molar-refractivity contribution in [3.8, 4) is 5.75 Å². The van der Waals surface area contributed by atoms with Gasteiger partial charge in [-0.05, 0) is 44.0 Å². The lowest BCUT2D eigenvalue weighted by atomic mass is 9.54. The lowest BCUT2D eigenvalue weighted by molar-refractivity contribution is -0.169. The molecule has 3 aliphatic carbocycles. The number of aliphatic hydroxyl groups is 4. The van der Waals surface area contributed by atoms with Crippen LogP contribution in [0.15, 0.2) is 29.0 Å². The predicted octanol–water partition coefficient (Wildman–Crippen LogP) is -0.192. The summed E-state index contributed by atoms with van der Waals surface area (Å²) in [4.78, 5) is 53.3. The number of carbonyl (C=O) groups is 4. The standard InChI is InChI=1S/C28H36N4O9/c1-9(2)8-12(29)27(40)31-13-7-6-11-10(3)14-16(21(34)15(11)20(13)33)24(37)28(41)18(22(14)35)19(32(4)5)23(36)17(25(28)38)26(30)39/h6-7,9-10,12,14,18-19,22,33-35,38,41H,8,29H2,1-5H3,(H2,30,39)(H,31,40)/t10-,12+,14+,18+,19-,22-,28-/m0/s1. The number of nitrogens with one attached hydrogen (secondary N) is 1. The van der Waals surface area contributed by atoms with Crippen molar-refractivity contribution in [1.82, 2.24) is 4.90 Å². The number of anilines is 1. The van der Waals surface area contributed by atoms with Crippen molar-refractivity contribution in [2.45, 2.75) is 56.9 Å². The highest BCUT2D eigenvalue weighted by Crippen LogP contribution is 2.56. The minimum absolute atomic E-state index is 0.0964. The Morgan fingerprint density at radius 2 is 1.76 bits per heavy atom. The SMILES string of the molecule is CC(C)C[C@@H](N)C(=O)Nc1ccc2c(c1O)C(O)=C1C(=O)[C@]3(O)C(O)=C(C(N)=O)C(=O)[C@@H](N(C)C)[C@@H]3[C@@H](O)[C@@H]1[C@H]2C. The first-order valence-electron chi connectivity index (χ1n) is 13.2. The summed E-state index contributed by atoms with van der Waals surface area (Å²) in [7, 11) is 2.87. The summed E-state index contributed by atoms with van der Waals surface area (Å²) in [5.74, 6) is -10.4. The van der Waals surface area contributed by atoms with E-state index in [4.69, 9.17) is 11.5 Å². The van der Waals surface area contributed by atoms with Crippen LogP contribution >= 0.6 is 0 Å². The van der Waals surface area contributed by atoms with Crippen LogP contribution in [0.25, 0.3) is 5.76 Å². The number of fused-ring (bicyclic) bond motifs is 3. The number of phenols is 1. The molecule has 0 spiro atoms. The lowest BCUT2D eigenvalue weighted by Crippen LogP contribution is -2.70. The molecule has 0 saturated heterocycles. The lowest BCUT2D eigenvalue weighted by Gasteiger charge is -2.53. The van der Waals surface area contributed by atoms with Crippen LogP contribution in [0.1, 0.15) is 44.2 Å². The number of nitrogens with zero attached hydrogens (tertiary/aromatic N) is 1. The van der Waals surface area contributed by atoms with Crippen molar-refractivity contribution in [1.29, 1.82) is 0 Å². The van der Waals surface area contributed by atoms with Gasteiger partial charge >= 0.3 is 0 Å². The highest BCUT2D eigenvalue weighted by Gasteiger charge is 2.68. The Morgan fingerprint density at radius 1 is 1.15 bits per heavy atom. The molecule has 2 amide bonds. The fraction of sp³-hybridized carbons (Fsp3) is 0.500. The Morgan fingerprint density at radius 3 is 2.29 bits per heavy atom. The molecular weight excluding hydrogens is 536 g/mol. The summed E-state index contributed by atoms with van der Waals surface area (Å²) in [6, 6.07) is 0.591. The van der Waals surface area contributed by atoms with E-state index in [0.29, 0.717) is 12.0 Å². The van der Waals surface area contributed by atoms with Crippen LogP contribution in [0.4, 0.5) is 5.69 Å². The summed E-state index contributed by atoms with van der Waals surface area (Å²) in [6.45, 7) is 5.40. The van der Waals surface area contributed by atoms with Crippen LogP contribution in [0.5, 0.6) is 5.75 Å². The summed E-state index contributed by atoms with van der Waals surface area (Å²) in [6.07, 6.45) is -1.32. The third-order valence-electron chi connectivity index (χ3n) is 8.45. The number of likely N-dealkylation sites (N-methyl/N-ethyl adjacent to an activating group) is 1.